The van der Waals surface area contributed by atoms with Crippen LogP contribution in [0.4, 0.5) is 13.2 Å². The van der Waals surface area contributed by atoms with E-state index in [-0.39, 0.29) is 21.8 Å². The van der Waals surface area contributed by atoms with E-state index in [1.807, 2.05) is 13.8 Å². The van der Waals surface area contributed by atoms with Gasteiger partial charge in [0.15, 0.2) is 0 Å². The molecule has 1 aromatic carbocycles. The molecule has 0 aliphatic rings. The van der Waals surface area contributed by atoms with Crippen LogP contribution in [0.25, 0.3) is 11.1 Å². The number of aryl methyl sites for hydroxylation is 1. The fourth-order valence-electron chi connectivity index (χ4n) is 2.08. The van der Waals surface area contributed by atoms with E-state index in [4.69, 9.17) is 0 Å². The zero-order chi connectivity index (χ0) is 16.5. The quantitative estimate of drug-likeness (QED) is 0.770. The number of halogens is 3. The van der Waals surface area contributed by atoms with Gasteiger partial charge in [-0.3, -0.25) is 4.79 Å². The first-order valence-electron chi connectivity index (χ1n) is 6.73. The zero-order valence-electron chi connectivity index (χ0n) is 12.4. The molecule has 118 valence electrons. The minimum absolute atomic E-state index is 0.212. The van der Waals surface area contributed by atoms with Gasteiger partial charge < -0.3 is 4.57 Å². The maximum atomic E-state index is 12.8. The van der Waals surface area contributed by atoms with Gasteiger partial charge in [-0.2, -0.15) is 13.2 Å². The molecular formula is C16H16F3NOS. The monoisotopic (exact) mass is 327 g/mol. The van der Waals surface area contributed by atoms with Crippen molar-refractivity contribution in [2.45, 2.75) is 30.2 Å². The first-order chi connectivity index (χ1) is 10.2. The summed E-state index contributed by atoms with van der Waals surface area (Å²) in [7, 11) is 1.75. The highest BCUT2D eigenvalue weighted by molar-refractivity contribution is 7.99. The Bertz CT molecular complexity index is 735. The summed E-state index contributed by atoms with van der Waals surface area (Å²) in [4.78, 5) is 13.0. The van der Waals surface area contributed by atoms with Crippen molar-refractivity contribution in [2.24, 2.45) is 7.05 Å². The SMILES string of the molecule is CC(C)Sc1cn(C)cc(-c2cccc(C(F)(F)F)c2)c1=O. The predicted octanol–water partition coefficient (Wildman–Crippen LogP) is 4.57. The maximum absolute atomic E-state index is 12.8. The van der Waals surface area contributed by atoms with E-state index < -0.39 is 11.7 Å². The average Bonchev–Trinajstić information content (AvgIpc) is 2.41. The number of aromatic nitrogens is 1. The van der Waals surface area contributed by atoms with Gasteiger partial charge >= 0.3 is 6.18 Å². The van der Waals surface area contributed by atoms with Gasteiger partial charge in [-0.25, -0.2) is 0 Å². The molecule has 0 radical (unpaired) electrons. The number of rotatable bonds is 3. The summed E-state index contributed by atoms with van der Waals surface area (Å²) in [6.07, 6.45) is -1.17. The summed E-state index contributed by atoms with van der Waals surface area (Å²) in [5, 5.41) is 0.212. The van der Waals surface area contributed by atoms with Gasteiger partial charge in [0.1, 0.15) is 0 Å². The minimum atomic E-state index is -4.43. The Morgan fingerprint density at radius 1 is 1.18 bits per heavy atom. The molecular weight excluding hydrogens is 311 g/mol. The molecule has 0 aliphatic carbocycles. The van der Waals surface area contributed by atoms with E-state index >= 15 is 0 Å². The van der Waals surface area contributed by atoms with Crippen molar-refractivity contribution in [1.29, 1.82) is 0 Å². The highest BCUT2D eigenvalue weighted by Gasteiger charge is 2.30. The fourth-order valence-corrected chi connectivity index (χ4v) is 3.03. The van der Waals surface area contributed by atoms with Crippen LogP contribution in [-0.4, -0.2) is 9.82 Å². The Morgan fingerprint density at radius 3 is 2.45 bits per heavy atom. The molecule has 0 amide bonds. The van der Waals surface area contributed by atoms with Gasteiger partial charge in [-0.15, -0.1) is 11.8 Å². The second-order valence-electron chi connectivity index (χ2n) is 5.28. The molecule has 0 unspecified atom stereocenters. The summed E-state index contributed by atoms with van der Waals surface area (Å²) >= 11 is 1.40. The highest BCUT2D eigenvalue weighted by atomic mass is 32.2. The summed E-state index contributed by atoms with van der Waals surface area (Å²) in [5.41, 5.74) is -0.439. The van der Waals surface area contributed by atoms with Crippen molar-refractivity contribution < 1.29 is 13.2 Å². The third-order valence-corrected chi connectivity index (χ3v) is 4.00. The van der Waals surface area contributed by atoms with Crippen molar-refractivity contribution in [3.05, 3.63) is 52.4 Å². The highest BCUT2D eigenvalue weighted by Crippen LogP contribution is 2.32. The first-order valence-corrected chi connectivity index (χ1v) is 7.61. The van der Waals surface area contributed by atoms with Crippen LogP contribution < -0.4 is 5.43 Å². The topological polar surface area (TPSA) is 22.0 Å². The van der Waals surface area contributed by atoms with Gasteiger partial charge in [0.05, 0.1) is 10.5 Å². The van der Waals surface area contributed by atoms with Gasteiger partial charge in [-0.05, 0) is 17.7 Å². The number of nitrogens with zero attached hydrogens (tertiary/aromatic N) is 1. The maximum Gasteiger partial charge on any atom is 0.416 e. The number of hydrogen-bond acceptors (Lipinski definition) is 2. The van der Waals surface area contributed by atoms with E-state index in [2.05, 4.69) is 0 Å². The van der Waals surface area contributed by atoms with Crippen molar-refractivity contribution >= 4 is 11.8 Å². The Labute approximate surface area is 131 Å². The van der Waals surface area contributed by atoms with Gasteiger partial charge in [-0.1, -0.05) is 26.0 Å². The van der Waals surface area contributed by atoms with Crippen LogP contribution >= 0.6 is 11.8 Å². The summed E-state index contributed by atoms with van der Waals surface area (Å²) < 4.78 is 40.2. The third kappa shape index (κ3) is 3.74. The lowest BCUT2D eigenvalue weighted by molar-refractivity contribution is -0.137. The van der Waals surface area contributed by atoms with Crippen LogP contribution in [0, 0.1) is 0 Å². The molecule has 22 heavy (non-hydrogen) atoms. The number of hydrogen-bond donors (Lipinski definition) is 0. The molecule has 0 saturated carbocycles. The second kappa shape index (κ2) is 6.20. The average molecular weight is 327 g/mol. The molecule has 0 fully saturated rings. The Kier molecular flexibility index (Phi) is 4.70. The standard InChI is InChI=1S/C16H16F3NOS/c1-10(2)22-14-9-20(3)8-13(15(14)21)11-5-4-6-12(7-11)16(17,18)19/h4-10H,1-3H3. The Morgan fingerprint density at radius 2 is 1.86 bits per heavy atom. The molecule has 0 aliphatic heterocycles. The van der Waals surface area contributed by atoms with E-state index in [9.17, 15) is 18.0 Å². The molecule has 1 heterocycles. The molecule has 0 bridgehead atoms. The van der Waals surface area contributed by atoms with Crippen LogP contribution in [0.1, 0.15) is 19.4 Å². The lowest BCUT2D eigenvalue weighted by Crippen LogP contribution is -2.13. The molecule has 2 aromatic rings. The van der Waals surface area contributed by atoms with Gasteiger partial charge in [0.2, 0.25) is 5.43 Å². The molecule has 2 nitrogen and oxygen atoms in total. The molecule has 6 heteroatoms. The normalized spacial score (nSPS) is 12.0. The number of alkyl halides is 3. The van der Waals surface area contributed by atoms with Crippen LogP contribution in [0.15, 0.2) is 46.3 Å². The predicted molar refractivity (Wildman–Crippen MR) is 83.1 cm³/mol. The van der Waals surface area contributed by atoms with Crippen molar-refractivity contribution in [3.63, 3.8) is 0 Å². The lowest BCUT2D eigenvalue weighted by atomic mass is 10.0. The number of benzene rings is 1. The number of pyridine rings is 1. The molecule has 0 atom stereocenters. The van der Waals surface area contributed by atoms with Crippen LogP contribution in [0.2, 0.25) is 0 Å². The molecule has 2 rings (SSSR count). The van der Waals surface area contributed by atoms with E-state index in [0.717, 1.165) is 12.1 Å². The van der Waals surface area contributed by atoms with Crippen molar-refractivity contribution in [2.75, 3.05) is 0 Å². The van der Waals surface area contributed by atoms with Crippen LogP contribution in [-0.2, 0) is 13.2 Å². The van der Waals surface area contributed by atoms with Gasteiger partial charge in [0.25, 0.3) is 0 Å². The lowest BCUT2D eigenvalue weighted by Gasteiger charge is -2.12. The van der Waals surface area contributed by atoms with E-state index in [1.54, 1.807) is 24.0 Å². The first kappa shape index (κ1) is 16.7. The van der Waals surface area contributed by atoms with Crippen LogP contribution in [0.5, 0.6) is 0 Å². The second-order valence-corrected chi connectivity index (χ2v) is 6.89. The summed E-state index contributed by atoms with van der Waals surface area (Å²) in [6, 6.07) is 4.86. The van der Waals surface area contributed by atoms with Crippen LogP contribution in [0.3, 0.4) is 0 Å². The smallest absolute Gasteiger partial charge is 0.355 e. The molecule has 0 saturated heterocycles. The minimum Gasteiger partial charge on any atom is -0.355 e. The largest absolute Gasteiger partial charge is 0.416 e. The van der Waals surface area contributed by atoms with E-state index in [0.29, 0.717) is 4.90 Å². The Hall–Kier alpha value is -1.69. The third-order valence-electron chi connectivity index (χ3n) is 2.99. The van der Waals surface area contributed by atoms with E-state index in [1.165, 1.54) is 23.9 Å². The van der Waals surface area contributed by atoms with Gasteiger partial charge in [0, 0.05) is 30.3 Å². The Balaban J connectivity index is 2.58. The fraction of sp³-hybridized carbons (Fsp3) is 0.312. The number of thioether (sulfide) groups is 1. The summed E-state index contributed by atoms with van der Waals surface area (Å²) in [6.45, 7) is 3.92. The van der Waals surface area contributed by atoms with Crippen molar-refractivity contribution in [3.8, 4) is 11.1 Å². The molecule has 0 N–H and O–H groups in total. The zero-order valence-corrected chi connectivity index (χ0v) is 13.3. The molecule has 1 aromatic heterocycles. The van der Waals surface area contributed by atoms with Crippen molar-refractivity contribution in [1.82, 2.24) is 4.57 Å². The molecule has 0 spiro atoms. The summed E-state index contributed by atoms with van der Waals surface area (Å²) in [5.74, 6) is 0.